The maximum Gasteiger partial charge on any atom is 0.260 e. The van der Waals surface area contributed by atoms with Crippen LogP contribution < -0.4 is 21.7 Å². The predicted molar refractivity (Wildman–Crippen MR) is 80.4 cm³/mol. The van der Waals surface area contributed by atoms with Gasteiger partial charge < -0.3 is 26.4 Å². The number of nitrogens with one attached hydrogen (secondary N) is 1. The fraction of sp³-hybridized carbons (Fsp3) is 0.500. The Balaban J connectivity index is 3.31. The van der Waals surface area contributed by atoms with Gasteiger partial charge in [0.05, 0.1) is 17.9 Å². The Hall–Kier alpha value is -1.80. The van der Waals surface area contributed by atoms with Crippen LogP contribution in [-0.2, 0) is 4.74 Å². The molecular formula is C12H20N4O3S. The van der Waals surface area contributed by atoms with Gasteiger partial charge in [-0.3, -0.25) is 9.59 Å². The highest BCUT2D eigenvalue weighted by atomic mass is 32.1. The van der Waals surface area contributed by atoms with Crippen LogP contribution in [-0.4, -0.2) is 45.7 Å². The number of methoxy groups -OCH3 is 1. The summed E-state index contributed by atoms with van der Waals surface area (Å²) >= 11 is 1.13. The molecule has 1 aromatic rings. The van der Waals surface area contributed by atoms with Crippen molar-refractivity contribution < 1.29 is 14.3 Å². The Morgan fingerprint density at radius 2 is 2.10 bits per heavy atom. The van der Waals surface area contributed by atoms with E-state index in [-0.39, 0.29) is 16.5 Å². The van der Waals surface area contributed by atoms with Gasteiger partial charge in [0.25, 0.3) is 11.8 Å². The first kappa shape index (κ1) is 16.3. The summed E-state index contributed by atoms with van der Waals surface area (Å²) in [5.41, 5.74) is 11.6. The lowest BCUT2D eigenvalue weighted by Crippen LogP contribution is -2.29. The molecule has 0 aliphatic carbocycles. The van der Waals surface area contributed by atoms with E-state index in [1.165, 1.54) is 7.05 Å². The first-order valence-corrected chi connectivity index (χ1v) is 6.97. The van der Waals surface area contributed by atoms with Crippen molar-refractivity contribution >= 4 is 33.8 Å². The number of hydrogen-bond acceptors (Lipinski definition) is 6. The van der Waals surface area contributed by atoms with E-state index in [1.54, 1.807) is 7.11 Å². The Morgan fingerprint density at radius 1 is 1.45 bits per heavy atom. The average Bonchev–Trinajstić information content (AvgIpc) is 2.77. The molecular weight excluding hydrogens is 280 g/mol. The molecule has 0 radical (unpaired) electrons. The van der Waals surface area contributed by atoms with E-state index in [0.717, 1.165) is 11.3 Å². The molecule has 0 saturated heterocycles. The number of hydrogen-bond donors (Lipinski definition) is 3. The van der Waals surface area contributed by atoms with Crippen molar-refractivity contribution in [1.82, 2.24) is 5.32 Å². The van der Waals surface area contributed by atoms with Gasteiger partial charge in [0, 0.05) is 27.2 Å². The van der Waals surface area contributed by atoms with E-state index in [2.05, 4.69) is 5.32 Å². The highest BCUT2D eigenvalue weighted by Crippen LogP contribution is 2.38. The van der Waals surface area contributed by atoms with Gasteiger partial charge >= 0.3 is 0 Å². The lowest BCUT2D eigenvalue weighted by Gasteiger charge is -2.22. The molecule has 0 aliphatic heterocycles. The van der Waals surface area contributed by atoms with Crippen LogP contribution in [0.1, 0.15) is 27.0 Å². The molecule has 1 heterocycles. The molecule has 5 N–H and O–H groups in total. The summed E-state index contributed by atoms with van der Waals surface area (Å²) in [7, 11) is 3.11. The van der Waals surface area contributed by atoms with E-state index < -0.39 is 5.91 Å². The van der Waals surface area contributed by atoms with Crippen molar-refractivity contribution in [1.29, 1.82) is 0 Å². The van der Waals surface area contributed by atoms with Crippen LogP contribution in [0.3, 0.4) is 0 Å². The number of primary amides is 1. The van der Waals surface area contributed by atoms with Gasteiger partial charge in [0.2, 0.25) is 0 Å². The number of amides is 2. The summed E-state index contributed by atoms with van der Waals surface area (Å²) in [6.07, 6.45) is 0. The number of carbonyl (C=O) groups is 2. The minimum atomic E-state index is -0.633. The lowest BCUT2D eigenvalue weighted by molar-refractivity contribution is 0.0964. The minimum Gasteiger partial charge on any atom is -0.397 e. The van der Waals surface area contributed by atoms with Gasteiger partial charge in [-0.15, -0.1) is 11.3 Å². The number of likely N-dealkylation sites (N-methyl/N-ethyl adjacent to an activating group) is 1. The van der Waals surface area contributed by atoms with Crippen molar-refractivity contribution in [2.75, 3.05) is 44.5 Å². The van der Waals surface area contributed by atoms with Gasteiger partial charge in [-0.1, -0.05) is 0 Å². The average molecular weight is 300 g/mol. The Morgan fingerprint density at radius 3 is 2.55 bits per heavy atom. The normalized spacial score (nSPS) is 10.3. The molecule has 1 aromatic heterocycles. The zero-order valence-electron chi connectivity index (χ0n) is 11.9. The third-order valence-corrected chi connectivity index (χ3v) is 4.12. The van der Waals surface area contributed by atoms with Crippen molar-refractivity contribution in [3.63, 3.8) is 0 Å². The van der Waals surface area contributed by atoms with Crippen LogP contribution in [0, 0.1) is 0 Å². The molecule has 0 unspecified atom stereocenters. The molecule has 20 heavy (non-hydrogen) atoms. The number of ether oxygens (including phenoxy) is 1. The molecule has 7 nitrogen and oxygen atoms in total. The van der Waals surface area contributed by atoms with E-state index >= 15 is 0 Å². The van der Waals surface area contributed by atoms with Crippen molar-refractivity contribution in [2.45, 2.75) is 6.92 Å². The second-order valence-electron chi connectivity index (χ2n) is 4.04. The van der Waals surface area contributed by atoms with Gasteiger partial charge in [-0.25, -0.2) is 0 Å². The predicted octanol–water partition coefficient (Wildman–Crippen LogP) is 0.262. The summed E-state index contributed by atoms with van der Waals surface area (Å²) in [6.45, 7) is 3.70. The highest BCUT2D eigenvalue weighted by molar-refractivity contribution is 7.19. The smallest absolute Gasteiger partial charge is 0.260 e. The first-order chi connectivity index (χ1) is 9.47. The highest BCUT2D eigenvalue weighted by Gasteiger charge is 2.26. The third-order valence-electron chi connectivity index (χ3n) is 2.84. The molecule has 1 rings (SSSR count). The van der Waals surface area contributed by atoms with Gasteiger partial charge in [0.15, 0.2) is 0 Å². The quantitative estimate of drug-likeness (QED) is 0.669. The summed E-state index contributed by atoms with van der Waals surface area (Å²) in [4.78, 5) is 25.5. The second kappa shape index (κ2) is 7.11. The SMILES string of the molecule is CCN(CCOC)c1sc(C(N)=O)c(N)c1C(=O)NC. The standard InChI is InChI=1S/C12H20N4O3S/c1-4-16(5-6-19-3)12-7(11(18)15-2)8(13)9(20-12)10(14)17/h4-6,13H2,1-3H3,(H2,14,17)(H,15,18). The number of nitrogens with zero attached hydrogens (tertiary/aromatic N) is 1. The first-order valence-electron chi connectivity index (χ1n) is 6.15. The van der Waals surface area contributed by atoms with Crippen molar-refractivity contribution in [3.8, 4) is 0 Å². The summed E-state index contributed by atoms with van der Waals surface area (Å²) in [5, 5.41) is 3.16. The van der Waals surface area contributed by atoms with Crippen LogP contribution >= 0.6 is 11.3 Å². The van der Waals surface area contributed by atoms with E-state index in [1.807, 2.05) is 11.8 Å². The number of anilines is 2. The summed E-state index contributed by atoms with van der Waals surface area (Å²) in [6, 6.07) is 0. The second-order valence-corrected chi connectivity index (χ2v) is 5.04. The number of nitrogen functional groups attached to an aromatic ring is 1. The summed E-state index contributed by atoms with van der Waals surface area (Å²) in [5.74, 6) is -0.969. The van der Waals surface area contributed by atoms with E-state index in [4.69, 9.17) is 16.2 Å². The number of carbonyl (C=O) groups excluding carboxylic acids is 2. The molecule has 112 valence electrons. The number of rotatable bonds is 7. The lowest BCUT2D eigenvalue weighted by atomic mass is 10.2. The minimum absolute atomic E-state index is 0.132. The van der Waals surface area contributed by atoms with Crippen LogP contribution in [0.15, 0.2) is 0 Å². The van der Waals surface area contributed by atoms with Gasteiger partial charge in [-0.05, 0) is 6.92 Å². The number of nitrogens with two attached hydrogens (primary N) is 2. The topological polar surface area (TPSA) is 111 Å². The van der Waals surface area contributed by atoms with Crippen LogP contribution in [0.2, 0.25) is 0 Å². The van der Waals surface area contributed by atoms with Crippen molar-refractivity contribution in [2.24, 2.45) is 5.73 Å². The fourth-order valence-corrected chi connectivity index (χ4v) is 2.95. The monoisotopic (exact) mass is 300 g/mol. The Bertz CT molecular complexity index is 501. The Kier molecular flexibility index (Phi) is 5.78. The maximum atomic E-state index is 12.0. The van der Waals surface area contributed by atoms with Gasteiger partial charge in [0.1, 0.15) is 9.88 Å². The maximum absolute atomic E-state index is 12.0. The zero-order chi connectivity index (χ0) is 15.3. The third kappa shape index (κ3) is 3.20. The fourth-order valence-electron chi connectivity index (χ4n) is 1.79. The molecule has 0 spiro atoms. The molecule has 8 heteroatoms. The van der Waals surface area contributed by atoms with E-state index in [0.29, 0.717) is 30.3 Å². The van der Waals surface area contributed by atoms with Crippen LogP contribution in [0.4, 0.5) is 10.7 Å². The van der Waals surface area contributed by atoms with Crippen LogP contribution in [0.5, 0.6) is 0 Å². The summed E-state index contributed by atoms with van der Waals surface area (Å²) < 4.78 is 5.05. The molecule has 2 amide bonds. The van der Waals surface area contributed by atoms with Gasteiger partial charge in [-0.2, -0.15) is 0 Å². The molecule has 0 bridgehead atoms. The van der Waals surface area contributed by atoms with Crippen molar-refractivity contribution in [3.05, 3.63) is 10.4 Å². The molecule has 0 fully saturated rings. The molecule has 0 atom stereocenters. The van der Waals surface area contributed by atoms with Crippen LogP contribution in [0.25, 0.3) is 0 Å². The largest absolute Gasteiger partial charge is 0.397 e. The Labute approximate surface area is 121 Å². The molecule has 0 saturated carbocycles. The van der Waals surface area contributed by atoms with E-state index in [9.17, 15) is 9.59 Å². The zero-order valence-corrected chi connectivity index (χ0v) is 12.7. The molecule has 0 aliphatic rings. The molecule has 0 aromatic carbocycles. The number of thiophene rings is 1.